The Labute approximate surface area is 143 Å². The van der Waals surface area contributed by atoms with Crippen molar-refractivity contribution in [1.82, 2.24) is 4.90 Å². The highest BCUT2D eigenvalue weighted by molar-refractivity contribution is 9.12. The average Bonchev–Trinajstić information content (AvgIpc) is 2.75. The summed E-state index contributed by atoms with van der Waals surface area (Å²) < 4.78 is 1.92. The van der Waals surface area contributed by atoms with Crippen LogP contribution in [0.5, 0.6) is 0 Å². The lowest BCUT2D eigenvalue weighted by molar-refractivity contribution is 0.0749. The van der Waals surface area contributed by atoms with Gasteiger partial charge in [0.15, 0.2) is 0 Å². The minimum atomic E-state index is 0.158. The Balaban J connectivity index is 2.69. The third-order valence-corrected chi connectivity index (χ3v) is 5.58. The SMILES string of the molecule is CCCCCN(CCCCC)C(=O)c1cc(Br)sc1Br. The number of amides is 1. The maximum absolute atomic E-state index is 12.6. The van der Waals surface area contributed by atoms with Crippen LogP contribution in [0, 0.1) is 0 Å². The van der Waals surface area contributed by atoms with Crippen LogP contribution in [-0.4, -0.2) is 23.9 Å². The van der Waals surface area contributed by atoms with Gasteiger partial charge in [0.25, 0.3) is 5.91 Å². The van der Waals surface area contributed by atoms with Crippen molar-refractivity contribution < 1.29 is 4.79 Å². The Kier molecular flexibility index (Phi) is 9.05. The summed E-state index contributed by atoms with van der Waals surface area (Å²) in [5.41, 5.74) is 0.787. The summed E-state index contributed by atoms with van der Waals surface area (Å²) >= 11 is 8.49. The number of carbonyl (C=O) groups excluding carboxylic acids is 1. The Morgan fingerprint density at radius 1 is 1.10 bits per heavy atom. The van der Waals surface area contributed by atoms with Gasteiger partial charge in [0, 0.05) is 13.1 Å². The molecule has 1 amide bonds. The maximum atomic E-state index is 12.6. The zero-order chi connectivity index (χ0) is 15.0. The van der Waals surface area contributed by atoms with Gasteiger partial charge in [-0.15, -0.1) is 11.3 Å². The maximum Gasteiger partial charge on any atom is 0.255 e. The van der Waals surface area contributed by atoms with Crippen LogP contribution < -0.4 is 0 Å². The minimum absolute atomic E-state index is 0.158. The molecule has 0 bridgehead atoms. The molecule has 0 saturated carbocycles. The van der Waals surface area contributed by atoms with Crippen LogP contribution >= 0.6 is 43.2 Å². The molecule has 0 aromatic carbocycles. The summed E-state index contributed by atoms with van der Waals surface area (Å²) in [6.45, 7) is 6.12. The molecular weight excluding hydrogens is 402 g/mol. The molecule has 114 valence electrons. The molecule has 0 aliphatic heterocycles. The minimum Gasteiger partial charge on any atom is -0.339 e. The van der Waals surface area contributed by atoms with E-state index in [1.165, 1.54) is 25.7 Å². The molecule has 1 heterocycles. The van der Waals surface area contributed by atoms with Gasteiger partial charge in [-0.3, -0.25) is 4.79 Å². The van der Waals surface area contributed by atoms with E-state index in [1.807, 2.05) is 11.0 Å². The van der Waals surface area contributed by atoms with Crippen LogP contribution in [0.2, 0.25) is 0 Å². The van der Waals surface area contributed by atoms with Gasteiger partial charge in [-0.1, -0.05) is 39.5 Å². The van der Waals surface area contributed by atoms with Crippen molar-refractivity contribution in [2.75, 3.05) is 13.1 Å². The van der Waals surface area contributed by atoms with E-state index in [-0.39, 0.29) is 5.91 Å². The molecule has 0 fully saturated rings. The lowest BCUT2D eigenvalue weighted by Crippen LogP contribution is -2.33. The van der Waals surface area contributed by atoms with Gasteiger partial charge < -0.3 is 4.90 Å². The van der Waals surface area contributed by atoms with Gasteiger partial charge in [0.1, 0.15) is 0 Å². The summed E-state index contributed by atoms with van der Waals surface area (Å²) in [5, 5.41) is 0. The monoisotopic (exact) mass is 423 g/mol. The molecule has 0 spiro atoms. The molecule has 0 unspecified atom stereocenters. The zero-order valence-corrected chi connectivity index (χ0v) is 16.2. The number of unbranched alkanes of at least 4 members (excludes halogenated alkanes) is 4. The highest BCUT2D eigenvalue weighted by Gasteiger charge is 2.19. The van der Waals surface area contributed by atoms with Gasteiger partial charge >= 0.3 is 0 Å². The summed E-state index contributed by atoms with van der Waals surface area (Å²) in [5.74, 6) is 0.158. The number of carbonyl (C=O) groups is 1. The highest BCUT2D eigenvalue weighted by atomic mass is 79.9. The second kappa shape index (κ2) is 9.96. The summed E-state index contributed by atoms with van der Waals surface area (Å²) in [4.78, 5) is 14.7. The molecule has 0 aliphatic carbocycles. The normalized spacial score (nSPS) is 10.8. The van der Waals surface area contributed by atoms with Crippen molar-refractivity contribution in [2.24, 2.45) is 0 Å². The van der Waals surface area contributed by atoms with Crippen LogP contribution in [0.25, 0.3) is 0 Å². The van der Waals surface area contributed by atoms with Crippen LogP contribution in [0.3, 0.4) is 0 Å². The van der Waals surface area contributed by atoms with E-state index in [0.717, 1.165) is 39.1 Å². The van der Waals surface area contributed by atoms with Gasteiger partial charge in [-0.2, -0.15) is 0 Å². The first-order chi connectivity index (χ1) is 9.60. The highest BCUT2D eigenvalue weighted by Crippen LogP contribution is 2.32. The van der Waals surface area contributed by atoms with E-state index in [2.05, 4.69) is 45.7 Å². The van der Waals surface area contributed by atoms with Crippen molar-refractivity contribution >= 4 is 49.1 Å². The average molecular weight is 425 g/mol. The van der Waals surface area contributed by atoms with Gasteiger partial charge in [-0.05, 0) is 50.8 Å². The molecule has 0 atom stereocenters. The zero-order valence-electron chi connectivity index (χ0n) is 12.3. The molecule has 0 radical (unpaired) electrons. The predicted molar refractivity (Wildman–Crippen MR) is 94.7 cm³/mol. The standard InChI is InChI=1S/C15H23Br2NOS/c1-3-5-7-9-18(10-8-6-4-2)15(19)12-11-13(16)20-14(12)17/h11H,3-10H2,1-2H3. The number of rotatable bonds is 9. The Hall–Kier alpha value is 0.130. The van der Waals surface area contributed by atoms with E-state index in [0.29, 0.717) is 0 Å². The Morgan fingerprint density at radius 2 is 1.65 bits per heavy atom. The van der Waals surface area contributed by atoms with Crippen molar-refractivity contribution in [3.63, 3.8) is 0 Å². The van der Waals surface area contributed by atoms with E-state index in [9.17, 15) is 4.79 Å². The quantitative estimate of drug-likeness (QED) is 0.438. The van der Waals surface area contributed by atoms with Gasteiger partial charge in [0.05, 0.1) is 13.1 Å². The lowest BCUT2D eigenvalue weighted by Gasteiger charge is -2.22. The fraction of sp³-hybridized carbons (Fsp3) is 0.667. The molecule has 1 aromatic rings. The summed E-state index contributed by atoms with van der Waals surface area (Å²) in [6, 6.07) is 1.92. The summed E-state index contributed by atoms with van der Waals surface area (Å²) in [7, 11) is 0. The third-order valence-electron chi connectivity index (χ3n) is 3.24. The molecule has 0 saturated heterocycles. The van der Waals surface area contributed by atoms with E-state index < -0.39 is 0 Å². The van der Waals surface area contributed by atoms with Crippen molar-refractivity contribution in [3.8, 4) is 0 Å². The molecule has 1 rings (SSSR count). The fourth-order valence-corrected chi connectivity index (χ4v) is 4.85. The van der Waals surface area contributed by atoms with E-state index in [1.54, 1.807) is 11.3 Å². The number of halogens is 2. The lowest BCUT2D eigenvalue weighted by atomic mass is 10.2. The first kappa shape index (κ1) is 18.2. The first-order valence-corrected chi connectivity index (χ1v) is 9.74. The van der Waals surface area contributed by atoms with E-state index >= 15 is 0 Å². The van der Waals surface area contributed by atoms with Gasteiger partial charge in [-0.25, -0.2) is 0 Å². The van der Waals surface area contributed by atoms with Gasteiger partial charge in [0.2, 0.25) is 0 Å². The molecule has 0 aliphatic rings. The molecule has 1 aromatic heterocycles. The topological polar surface area (TPSA) is 20.3 Å². The third kappa shape index (κ3) is 5.86. The number of hydrogen-bond donors (Lipinski definition) is 0. The number of hydrogen-bond acceptors (Lipinski definition) is 2. The van der Waals surface area contributed by atoms with Crippen LogP contribution in [-0.2, 0) is 0 Å². The fourth-order valence-electron chi connectivity index (χ4n) is 2.08. The first-order valence-electron chi connectivity index (χ1n) is 7.34. The number of nitrogens with zero attached hydrogens (tertiary/aromatic N) is 1. The van der Waals surface area contributed by atoms with Crippen LogP contribution in [0.4, 0.5) is 0 Å². The predicted octanol–water partition coefficient (Wildman–Crippen LogP) is 6.10. The summed E-state index contributed by atoms with van der Waals surface area (Å²) in [6.07, 6.45) is 6.93. The van der Waals surface area contributed by atoms with Crippen LogP contribution in [0.1, 0.15) is 62.7 Å². The molecular formula is C15H23Br2NOS. The Morgan fingerprint density at radius 3 is 2.05 bits per heavy atom. The van der Waals surface area contributed by atoms with Crippen LogP contribution in [0.15, 0.2) is 13.6 Å². The molecule has 5 heteroatoms. The molecule has 0 N–H and O–H groups in total. The molecule has 20 heavy (non-hydrogen) atoms. The largest absolute Gasteiger partial charge is 0.339 e. The van der Waals surface area contributed by atoms with Crippen molar-refractivity contribution in [1.29, 1.82) is 0 Å². The molecule has 2 nitrogen and oxygen atoms in total. The van der Waals surface area contributed by atoms with E-state index in [4.69, 9.17) is 0 Å². The number of thiophene rings is 1. The second-order valence-electron chi connectivity index (χ2n) is 4.94. The van der Waals surface area contributed by atoms with Crippen molar-refractivity contribution in [2.45, 2.75) is 52.4 Å². The van der Waals surface area contributed by atoms with Crippen molar-refractivity contribution in [3.05, 3.63) is 19.2 Å². The Bertz CT molecular complexity index is 410. The second-order valence-corrected chi connectivity index (χ2v) is 8.69. The smallest absolute Gasteiger partial charge is 0.255 e.